The molecule has 0 unspecified atom stereocenters. The van der Waals surface area contributed by atoms with Crippen LogP contribution >= 0.6 is 0 Å². The summed E-state index contributed by atoms with van der Waals surface area (Å²) in [5.41, 5.74) is 6.99. The Kier molecular flexibility index (Phi) is 3.27. The maximum atomic E-state index is 10.8. The molecule has 0 aromatic carbocycles. The lowest BCUT2D eigenvalue weighted by Gasteiger charge is -2.05. The Morgan fingerprint density at radius 1 is 1.58 bits per heavy atom. The first-order chi connectivity index (χ1) is 8.97. The van der Waals surface area contributed by atoms with E-state index in [1.165, 1.54) is 0 Å². The third-order valence-corrected chi connectivity index (χ3v) is 2.55. The number of nitrogen functional groups attached to an aromatic ring is 1. The van der Waals surface area contributed by atoms with Gasteiger partial charge in [0.25, 0.3) is 0 Å². The summed E-state index contributed by atoms with van der Waals surface area (Å²) in [6.07, 6.45) is 2.92. The highest BCUT2D eigenvalue weighted by Crippen LogP contribution is 2.21. The molecular weight excluding hydrogens is 250 g/mol. The van der Waals surface area contributed by atoms with Crippen molar-refractivity contribution < 1.29 is 4.92 Å². The van der Waals surface area contributed by atoms with Crippen LogP contribution in [0.3, 0.4) is 0 Å². The van der Waals surface area contributed by atoms with Crippen LogP contribution in [-0.4, -0.2) is 24.7 Å². The van der Waals surface area contributed by atoms with Gasteiger partial charge in [0.2, 0.25) is 11.8 Å². The van der Waals surface area contributed by atoms with Gasteiger partial charge in [0.05, 0.1) is 10.6 Å². The Morgan fingerprint density at radius 2 is 2.32 bits per heavy atom. The fourth-order valence-electron chi connectivity index (χ4n) is 1.65. The minimum absolute atomic E-state index is 0.0176. The highest BCUT2D eigenvalue weighted by Gasteiger charge is 2.16. The maximum absolute atomic E-state index is 10.8. The van der Waals surface area contributed by atoms with Crippen molar-refractivity contribution in [3.05, 3.63) is 33.8 Å². The second-order valence-corrected chi connectivity index (χ2v) is 3.99. The molecule has 19 heavy (non-hydrogen) atoms. The van der Waals surface area contributed by atoms with Gasteiger partial charge in [0.1, 0.15) is 6.20 Å². The second-order valence-electron chi connectivity index (χ2n) is 3.99. The van der Waals surface area contributed by atoms with E-state index in [-0.39, 0.29) is 17.5 Å². The summed E-state index contributed by atoms with van der Waals surface area (Å²) in [5.74, 6) is 0.0803. The Balaban J connectivity index is 2.21. The number of anilines is 2. The number of nitrogens with two attached hydrogens (primary N) is 1. The van der Waals surface area contributed by atoms with Gasteiger partial charge in [-0.25, -0.2) is 4.98 Å². The number of nitrogens with zero attached hydrogens (tertiary/aromatic N) is 5. The minimum atomic E-state index is -0.558. The number of nitrogens with one attached hydrogen (secondary N) is 1. The molecular formula is C10H13N7O2. The van der Waals surface area contributed by atoms with E-state index in [1.54, 1.807) is 4.68 Å². The van der Waals surface area contributed by atoms with Crippen LogP contribution < -0.4 is 11.1 Å². The first kappa shape index (κ1) is 12.7. The quantitative estimate of drug-likeness (QED) is 0.611. The summed E-state index contributed by atoms with van der Waals surface area (Å²) in [7, 11) is 1.81. The molecule has 0 fully saturated rings. The summed E-state index contributed by atoms with van der Waals surface area (Å²) >= 11 is 0. The van der Waals surface area contributed by atoms with Crippen molar-refractivity contribution >= 4 is 17.5 Å². The number of nitro groups is 1. The van der Waals surface area contributed by atoms with Gasteiger partial charge in [-0.1, -0.05) is 0 Å². The van der Waals surface area contributed by atoms with Crippen LogP contribution in [0.5, 0.6) is 0 Å². The van der Waals surface area contributed by atoms with Crippen molar-refractivity contribution in [1.29, 1.82) is 0 Å². The molecule has 9 nitrogen and oxygen atoms in total. The Bertz CT molecular complexity index is 622. The average Bonchev–Trinajstić information content (AvgIpc) is 2.65. The minimum Gasteiger partial charge on any atom is -0.368 e. The van der Waals surface area contributed by atoms with Gasteiger partial charge in [-0.2, -0.15) is 10.1 Å². The van der Waals surface area contributed by atoms with Crippen molar-refractivity contribution in [1.82, 2.24) is 19.7 Å². The smallest absolute Gasteiger partial charge is 0.329 e. The second kappa shape index (κ2) is 4.88. The third kappa shape index (κ3) is 2.76. The van der Waals surface area contributed by atoms with Crippen LogP contribution in [0, 0.1) is 17.0 Å². The topological polar surface area (TPSA) is 125 Å². The Hall–Kier alpha value is -2.71. The van der Waals surface area contributed by atoms with Crippen molar-refractivity contribution in [2.24, 2.45) is 7.05 Å². The normalized spacial score (nSPS) is 10.4. The molecule has 0 bridgehead atoms. The van der Waals surface area contributed by atoms with E-state index < -0.39 is 4.92 Å². The zero-order valence-corrected chi connectivity index (χ0v) is 10.5. The van der Waals surface area contributed by atoms with Crippen LogP contribution in [0.4, 0.5) is 17.5 Å². The molecule has 0 saturated carbocycles. The van der Waals surface area contributed by atoms with Crippen molar-refractivity contribution in [2.45, 2.75) is 13.5 Å². The van der Waals surface area contributed by atoms with Gasteiger partial charge in [-0.15, -0.1) is 0 Å². The lowest BCUT2D eigenvalue weighted by molar-refractivity contribution is -0.384. The lowest BCUT2D eigenvalue weighted by Crippen LogP contribution is -2.07. The monoisotopic (exact) mass is 263 g/mol. The lowest BCUT2D eigenvalue weighted by atomic mass is 10.2. The summed E-state index contributed by atoms with van der Waals surface area (Å²) in [4.78, 5) is 17.7. The molecule has 2 heterocycles. The predicted octanol–water partition coefficient (Wildman–Crippen LogP) is 0.621. The molecule has 0 radical (unpaired) electrons. The van der Waals surface area contributed by atoms with E-state index in [4.69, 9.17) is 5.73 Å². The van der Waals surface area contributed by atoms with Crippen LogP contribution in [-0.2, 0) is 13.6 Å². The fraction of sp³-hybridized carbons (Fsp3) is 0.300. The van der Waals surface area contributed by atoms with E-state index in [0.717, 1.165) is 17.5 Å². The number of rotatable bonds is 4. The van der Waals surface area contributed by atoms with E-state index in [9.17, 15) is 10.1 Å². The molecule has 9 heteroatoms. The molecule has 100 valence electrons. The molecule has 0 amide bonds. The zero-order chi connectivity index (χ0) is 14.0. The molecule has 2 rings (SSSR count). The van der Waals surface area contributed by atoms with E-state index in [0.29, 0.717) is 6.54 Å². The molecule has 2 aromatic heterocycles. The molecule has 0 atom stereocenters. The SMILES string of the molecule is Cc1nn(C)cc1CNc1nc(N)ncc1[N+](=O)[O-]. The summed E-state index contributed by atoms with van der Waals surface area (Å²) < 4.78 is 1.68. The molecule has 0 aliphatic heterocycles. The van der Waals surface area contributed by atoms with Gasteiger partial charge in [0.15, 0.2) is 0 Å². The standard InChI is InChI=1S/C10H13N7O2/c1-6-7(5-16(2)15-6)3-12-9-8(17(18)19)4-13-10(11)14-9/h4-5H,3H2,1-2H3,(H3,11,12,13,14). The molecule has 3 N–H and O–H groups in total. The van der Waals surface area contributed by atoms with E-state index >= 15 is 0 Å². The van der Waals surface area contributed by atoms with Gasteiger partial charge < -0.3 is 11.1 Å². The van der Waals surface area contributed by atoms with Gasteiger partial charge in [-0.05, 0) is 6.92 Å². The first-order valence-corrected chi connectivity index (χ1v) is 5.47. The van der Waals surface area contributed by atoms with Crippen LogP contribution in [0.2, 0.25) is 0 Å². The summed E-state index contributed by atoms with van der Waals surface area (Å²) in [6, 6.07) is 0. The van der Waals surface area contributed by atoms with E-state index in [1.807, 2.05) is 20.2 Å². The van der Waals surface area contributed by atoms with Crippen LogP contribution in [0.1, 0.15) is 11.3 Å². The van der Waals surface area contributed by atoms with Gasteiger partial charge >= 0.3 is 5.69 Å². The summed E-state index contributed by atoms with van der Waals surface area (Å²) in [6.45, 7) is 2.23. The Morgan fingerprint density at radius 3 is 2.89 bits per heavy atom. The Labute approximate surface area is 108 Å². The van der Waals surface area contributed by atoms with Gasteiger partial charge in [0, 0.05) is 25.4 Å². The largest absolute Gasteiger partial charge is 0.368 e. The van der Waals surface area contributed by atoms with Crippen LogP contribution in [0.25, 0.3) is 0 Å². The molecule has 0 aliphatic carbocycles. The van der Waals surface area contributed by atoms with Gasteiger partial charge in [-0.3, -0.25) is 14.8 Å². The highest BCUT2D eigenvalue weighted by atomic mass is 16.6. The maximum Gasteiger partial charge on any atom is 0.329 e. The number of hydrogen-bond acceptors (Lipinski definition) is 7. The highest BCUT2D eigenvalue weighted by molar-refractivity contribution is 5.56. The number of aryl methyl sites for hydroxylation is 2. The summed E-state index contributed by atoms with van der Waals surface area (Å²) in [5, 5.41) is 17.9. The number of aromatic nitrogens is 4. The first-order valence-electron chi connectivity index (χ1n) is 5.47. The molecule has 0 aliphatic rings. The molecule has 2 aromatic rings. The van der Waals surface area contributed by atoms with Crippen molar-refractivity contribution in [2.75, 3.05) is 11.1 Å². The fourth-order valence-corrected chi connectivity index (χ4v) is 1.65. The zero-order valence-electron chi connectivity index (χ0n) is 10.5. The van der Waals surface area contributed by atoms with Crippen molar-refractivity contribution in [3.8, 4) is 0 Å². The average molecular weight is 263 g/mol. The predicted molar refractivity (Wildman–Crippen MR) is 68.4 cm³/mol. The third-order valence-electron chi connectivity index (χ3n) is 2.55. The van der Waals surface area contributed by atoms with Crippen LogP contribution in [0.15, 0.2) is 12.4 Å². The molecule has 0 spiro atoms. The van der Waals surface area contributed by atoms with Crippen molar-refractivity contribution in [3.63, 3.8) is 0 Å². The van der Waals surface area contributed by atoms with E-state index in [2.05, 4.69) is 20.4 Å². The number of hydrogen-bond donors (Lipinski definition) is 2. The molecule has 0 saturated heterocycles.